The van der Waals surface area contributed by atoms with Gasteiger partial charge < -0.3 is 10.1 Å². The lowest BCUT2D eigenvalue weighted by molar-refractivity contribution is 0.439. The van der Waals surface area contributed by atoms with E-state index in [1.807, 2.05) is 31.2 Å². The van der Waals surface area contributed by atoms with Crippen molar-refractivity contribution in [3.05, 3.63) is 57.8 Å². The van der Waals surface area contributed by atoms with E-state index in [0.29, 0.717) is 18.3 Å². The summed E-state index contributed by atoms with van der Waals surface area (Å²) in [6, 6.07) is 11.5. The SMILES string of the molecule is Cc1ccc(Oc2ccc(CNC3CC3)cc2F)c(Br)c1. The Hall–Kier alpha value is -1.39. The summed E-state index contributed by atoms with van der Waals surface area (Å²) in [5, 5.41) is 3.37. The topological polar surface area (TPSA) is 21.3 Å². The zero-order valence-corrected chi connectivity index (χ0v) is 13.4. The third-order valence-corrected chi connectivity index (χ3v) is 4.10. The largest absolute Gasteiger partial charge is 0.453 e. The third kappa shape index (κ3) is 3.83. The van der Waals surface area contributed by atoms with Crippen molar-refractivity contribution in [2.75, 3.05) is 0 Å². The molecule has 0 spiro atoms. The van der Waals surface area contributed by atoms with E-state index >= 15 is 0 Å². The first-order valence-electron chi connectivity index (χ1n) is 7.07. The number of halogens is 2. The highest BCUT2D eigenvalue weighted by molar-refractivity contribution is 9.10. The van der Waals surface area contributed by atoms with E-state index in [1.54, 1.807) is 6.07 Å². The minimum Gasteiger partial charge on any atom is -0.453 e. The van der Waals surface area contributed by atoms with Crippen molar-refractivity contribution in [1.82, 2.24) is 5.32 Å². The summed E-state index contributed by atoms with van der Waals surface area (Å²) < 4.78 is 20.6. The lowest BCUT2D eigenvalue weighted by atomic mass is 10.2. The summed E-state index contributed by atoms with van der Waals surface area (Å²) in [5.41, 5.74) is 2.06. The molecule has 2 aromatic rings. The van der Waals surface area contributed by atoms with Crippen LogP contribution < -0.4 is 10.1 Å². The lowest BCUT2D eigenvalue weighted by Crippen LogP contribution is -2.15. The predicted molar refractivity (Wildman–Crippen MR) is 85.2 cm³/mol. The lowest BCUT2D eigenvalue weighted by Gasteiger charge is -2.10. The number of nitrogens with one attached hydrogen (secondary N) is 1. The van der Waals surface area contributed by atoms with Crippen LogP contribution in [0.1, 0.15) is 24.0 Å². The molecule has 0 amide bonds. The zero-order chi connectivity index (χ0) is 14.8. The number of ether oxygens (including phenoxy) is 1. The van der Waals surface area contributed by atoms with Crippen LogP contribution in [0, 0.1) is 12.7 Å². The van der Waals surface area contributed by atoms with Crippen LogP contribution >= 0.6 is 15.9 Å². The molecule has 0 atom stereocenters. The standard InChI is InChI=1S/C17H17BrFNO/c1-11-2-6-16(14(18)8-11)21-17-7-3-12(9-15(17)19)10-20-13-4-5-13/h2-3,6-9,13,20H,4-5,10H2,1H3. The van der Waals surface area contributed by atoms with E-state index in [9.17, 15) is 4.39 Å². The molecule has 1 saturated carbocycles. The molecule has 110 valence electrons. The van der Waals surface area contributed by atoms with E-state index in [2.05, 4.69) is 21.2 Å². The van der Waals surface area contributed by atoms with Gasteiger partial charge in [0.15, 0.2) is 11.6 Å². The average molecular weight is 350 g/mol. The smallest absolute Gasteiger partial charge is 0.166 e. The Kier molecular flexibility index (Phi) is 4.27. The van der Waals surface area contributed by atoms with E-state index in [0.717, 1.165) is 15.6 Å². The second-order valence-electron chi connectivity index (χ2n) is 5.46. The first kappa shape index (κ1) is 14.5. The summed E-state index contributed by atoms with van der Waals surface area (Å²) >= 11 is 3.43. The van der Waals surface area contributed by atoms with Crippen molar-refractivity contribution in [2.45, 2.75) is 32.4 Å². The highest BCUT2D eigenvalue weighted by atomic mass is 79.9. The van der Waals surface area contributed by atoms with E-state index in [1.165, 1.54) is 18.9 Å². The van der Waals surface area contributed by atoms with Gasteiger partial charge in [-0.1, -0.05) is 12.1 Å². The van der Waals surface area contributed by atoms with Crippen LogP contribution in [0.15, 0.2) is 40.9 Å². The molecule has 1 N–H and O–H groups in total. The minimum atomic E-state index is -0.336. The van der Waals surface area contributed by atoms with Crippen LogP contribution in [0.5, 0.6) is 11.5 Å². The fourth-order valence-corrected chi connectivity index (χ4v) is 2.67. The predicted octanol–water partition coefficient (Wildman–Crippen LogP) is 4.94. The van der Waals surface area contributed by atoms with Gasteiger partial charge in [-0.05, 0) is 71.1 Å². The maximum absolute atomic E-state index is 14.1. The van der Waals surface area contributed by atoms with Gasteiger partial charge in [-0.25, -0.2) is 4.39 Å². The first-order valence-corrected chi connectivity index (χ1v) is 7.87. The molecule has 2 aromatic carbocycles. The van der Waals surface area contributed by atoms with Crippen molar-refractivity contribution in [1.29, 1.82) is 0 Å². The van der Waals surface area contributed by atoms with Gasteiger partial charge in [0.05, 0.1) is 4.47 Å². The van der Waals surface area contributed by atoms with E-state index in [-0.39, 0.29) is 11.6 Å². The van der Waals surface area contributed by atoms with Crippen molar-refractivity contribution in [3.63, 3.8) is 0 Å². The number of hydrogen-bond donors (Lipinski definition) is 1. The maximum atomic E-state index is 14.1. The minimum absolute atomic E-state index is 0.245. The summed E-state index contributed by atoms with van der Waals surface area (Å²) in [6.45, 7) is 2.70. The van der Waals surface area contributed by atoms with Crippen molar-refractivity contribution in [2.24, 2.45) is 0 Å². The van der Waals surface area contributed by atoms with Crippen LogP contribution in [0.3, 0.4) is 0 Å². The van der Waals surface area contributed by atoms with Gasteiger partial charge in [0.1, 0.15) is 5.75 Å². The molecule has 3 rings (SSSR count). The Balaban J connectivity index is 1.72. The molecule has 21 heavy (non-hydrogen) atoms. The molecule has 0 heterocycles. The molecule has 1 aliphatic carbocycles. The number of benzene rings is 2. The molecule has 1 aliphatic rings. The monoisotopic (exact) mass is 349 g/mol. The number of hydrogen-bond acceptors (Lipinski definition) is 2. The van der Waals surface area contributed by atoms with Gasteiger partial charge in [-0.15, -0.1) is 0 Å². The molecule has 4 heteroatoms. The van der Waals surface area contributed by atoms with E-state index in [4.69, 9.17) is 4.74 Å². The Morgan fingerprint density at radius 3 is 2.62 bits per heavy atom. The summed E-state index contributed by atoms with van der Waals surface area (Å²) in [6.07, 6.45) is 2.45. The van der Waals surface area contributed by atoms with Gasteiger partial charge in [-0.3, -0.25) is 0 Å². The molecule has 0 unspecified atom stereocenters. The fourth-order valence-electron chi connectivity index (χ4n) is 2.09. The maximum Gasteiger partial charge on any atom is 0.166 e. The molecule has 0 aromatic heterocycles. The van der Waals surface area contributed by atoms with E-state index < -0.39 is 0 Å². The highest BCUT2D eigenvalue weighted by Gasteiger charge is 2.20. The molecule has 1 fully saturated rings. The molecule has 2 nitrogen and oxygen atoms in total. The van der Waals surface area contributed by atoms with Crippen LogP contribution in [0.25, 0.3) is 0 Å². The molecule has 0 radical (unpaired) electrons. The third-order valence-electron chi connectivity index (χ3n) is 3.48. The molecule has 0 bridgehead atoms. The van der Waals surface area contributed by atoms with Gasteiger partial charge >= 0.3 is 0 Å². The van der Waals surface area contributed by atoms with Gasteiger partial charge in [0, 0.05) is 12.6 Å². The molecular weight excluding hydrogens is 333 g/mol. The number of aryl methyl sites for hydroxylation is 1. The summed E-state index contributed by atoms with van der Waals surface area (Å²) in [7, 11) is 0. The van der Waals surface area contributed by atoms with Crippen molar-refractivity contribution < 1.29 is 9.13 Å². The van der Waals surface area contributed by atoms with Crippen LogP contribution in [0.2, 0.25) is 0 Å². The molecule has 0 saturated heterocycles. The molecular formula is C17H17BrFNO. The first-order chi connectivity index (χ1) is 10.1. The normalized spacial score (nSPS) is 14.2. The highest BCUT2D eigenvalue weighted by Crippen LogP contribution is 2.32. The Morgan fingerprint density at radius 1 is 1.19 bits per heavy atom. The molecule has 0 aliphatic heterocycles. The fraction of sp³-hybridized carbons (Fsp3) is 0.294. The zero-order valence-electron chi connectivity index (χ0n) is 11.8. The second-order valence-corrected chi connectivity index (χ2v) is 6.31. The average Bonchev–Trinajstić information content (AvgIpc) is 3.26. The van der Waals surface area contributed by atoms with Gasteiger partial charge in [0.25, 0.3) is 0 Å². The Bertz CT molecular complexity index is 655. The second kappa shape index (κ2) is 6.16. The number of rotatable bonds is 5. The summed E-state index contributed by atoms with van der Waals surface area (Å²) in [4.78, 5) is 0. The van der Waals surface area contributed by atoms with Crippen LogP contribution in [-0.2, 0) is 6.54 Å². The van der Waals surface area contributed by atoms with Gasteiger partial charge in [0.2, 0.25) is 0 Å². The van der Waals surface area contributed by atoms with Gasteiger partial charge in [-0.2, -0.15) is 0 Å². The van der Waals surface area contributed by atoms with Crippen LogP contribution in [-0.4, -0.2) is 6.04 Å². The Labute approximate surface area is 132 Å². The Morgan fingerprint density at radius 2 is 1.95 bits per heavy atom. The summed E-state index contributed by atoms with van der Waals surface area (Å²) in [5.74, 6) is 0.524. The van der Waals surface area contributed by atoms with Crippen molar-refractivity contribution in [3.8, 4) is 11.5 Å². The van der Waals surface area contributed by atoms with Crippen molar-refractivity contribution >= 4 is 15.9 Å². The van der Waals surface area contributed by atoms with Crippen LogP contribution in [0.4, 0.5) is 4.39 Å². The quantitative estimate of drug-likeness (QED) is 0.825.